The molecule has 1 rings (SSSR count). The van der Waals surface area contributed by atoms with Crippen molar-refractivity contribution in [2.24, 2.45) is 0 Å². The second-order valence-electron chi connectivity index (χ2n) is 4.29. The third-order valence-electron chi connectivity index (χ3n) is 2.91. The number of Topliss-reactive ketones (excluding diaryl/α,β-unsaturated/α-hetero) is 1. The topological polar surface area (TPSA) is 20.3 Å². The molecule has 1 fully saturated rings. The minimum Gasteiger partial charge on any atom is -0.303 e. The zero-order chi connectivity index (χ0) is 10.2. The number of rotatable bonds is 6. The largest absolute Gasteiger partial charge is 0.303 e. The van der Waals surface area contributed by atoms with Crippen LogP contribution in [0.2, 0.25) is 0 Å². The van der Waals surface area contributed by atoms with Gasteiger partial charge in [-0.05, 0) is 45.3 Å². The monoisotopic (exact) mass is 197 g/mol. The van der Waals surface area contributed by atoms with Gasteiger partial charge in [-0.3, -0.25) is 4.79 Å². The van der Waals surface area contributed by atoms with Gasteiger partial charge in [0.15, 0.2) is 0 Å². The number of likely N-dealkylation sites (tertiary alicyclic amines) is 1. The molecular formula is C12H23NO. The standard InChI is InChI=1S/C12H23NO/c1-2-7-12(14)8-6-11-13-9-4-3-5-10-13/h2-11H2,1H3. The summed E-state index contributed by atoms with van der Waals surface area (Å²) in [5.41, 5.74) is 0. The average molecular weight is 197 g/mol. The predicted octanol–water partition coefficient (Wildman–Crippen LogP) is 2.62. The highest BCUT2D eigenvalue weighted by Gasteiger charge is 2.09. The van der Waals surface area contributed by atoms with E-state index in [1.165, 1.54) is 32.4 Å². The summed E-state index contributed by atoms with van der Waals surface area (Å²) in [6, 6.07) is 0. The number of hydrogen-bond donors (Lipinski definition) is 0. The molecule has 1 aliphatic rings. The quantitative estimate of drug-likeness (QED) is 0.652. The van der Waals surface area contributed by atoms with Crippen molar-refractivity contribution < 1.29 is 4.79 Å². The fourth-order valence-corrected chi connectivity index (χ4v) is 2.09. The molecule has 0 aromatic rings. The lowest BCUT2D eigenvalue weighted by molar-refractivity contribution is -0.119. The second kappa shape index (κ2) is 6.99. The summed E-state index contributed by atoms with van der Waals surface area (Å²) in [5.74, 6) is 0.449. The Bertz CT molecular complexity index is 162. The lowest BCUT2D eigenvalue weighted by Crippen LogP contribution is -2.30. The molecule has 0 aromatic carbocycles. The summed E-state index contributed by atoms with van der Waals surface area (Å²) >= 11 is 0. The smallest absolute Gasteiger partial charge is 0.132 e. The molecule has 0 saturated carbocycles. The van der Waals surface area contributed by atoms with Gasteiger partial charge in [0.1, 0.15) is 5.78 Å². The summed E-state index contributed by atoms with van der Waals surface area (Å²) in [6.07, 6.45) is 7.74. The Morgan fingerprint density at radius 3 is 2.50 bits per heavy atom. The van der Waals surface area contributed by atoms with Crippen LogP contribution >= 0.6 is 0 Å². The molecule has 1 saturated heterocycles. The van der Waals surface area contributed by atoms with Crippen LogP contribution in [0.25, 0.3) is 0 Å². The number of carbonyl (C=O) groups excluding carboxylic acids is 1. The van der Waals surface area contributed by atoms with Gasteiger partial charge in [0, 0.05) is 12.8 Å². The molecule has 0 unspecified atom stereocenters. The minimum absolute atomic E-state index is 0.449. The second-order valence-corrected chi connectivity index (χ2v) is 4.29. The van der Waals surface area contributed by atoms with Crippen LogP contribution in [0.4, 0.5) is 0 Å². The normalized spacial score (nSPS) is 18.4. The molecule has 82 valence electrons. The van der Waals surface area contributed by atoms with Gasteiger partial charge in [-0.15, -0.1) is 0 Å². The van der Waals surface area contributed by atoms with E-state index >= 15 is 0 Å². The molecule has 2 heteroatoms. The van der Waals surface area contributed by atoms with Gasteiger partial charge in [0.25, 0.3) is 0 Å². The maximum absolute atomic E-state index is 11.3. The Morgan fingerprint density at radius 2 is 1.86 bits per heavy atom. The summed E-state index contributed by atoms with van der Waals surface area (Å²) in [5, 5.41) is 0. The van der Waals surface area contributed by atoms with Crippen LogP contribution in [0.3, 0.4) is 0 Å². The number of carbonyl (C=O) groups is 1. The highest BCUT2D eigenvalue weighted by molar-refractivity contribution is 5.78. The molecule has 0 bridgehead atoms. The molecule has 0 atom stereocenters. The Balaban J connectivity index is 1.99. The predicted molar refractivity (Wildman–Crippen MR) is 59.4 cm³/mol. The van der Waals surface area contributed by atoms with Gasteiger partial charge in [0.2, 0.25) is 0 Å². The number of hydrogen-bond acceptors (Lipinski definition) is 2. The van der Waals surface area contributed by atoms with E-state index in [2.05, 4.69) is 11.8 Å². The van der Waals surface area contributed by atoms with Gasteiger partial charge >= 0.3 is 0 Å². The number of piperidine rings is 1. The number of ketones is 1. The van der Waals surface area contributed by atoms with E-state index in [4.69, 9.17) is 0 Å². The van der Waals surface area contributed by atoms with Crippen molar-refractivity contribution in [2.45, 2.75) is 51.9 Å². The first-order chi connectivity index (χ1) is 6.83. The van der Waals surface area contributed by atoms with Crippen molar-refractivity contribution in [2.75, 3.05) is 19.6 Å². The molecule has 1 heterocycles. The number of nitrogens with zero attached hydrogens (tertiary/aromatic N) is 1. The fraction of sp³-hybridized carbons (Fsp3) is 0.917. The molecule has 0 N–H and O–H groups in total. The molecule has 0 spiro atoms. The van der Waals surface area contributed by atoms with Crippen LogP contribution < -0.4 is 0 Å². The summed E-state index contributed by atoms with van der Waals surface area (Å²) in [6.45, 7) is 5.71. The zero-order valence-electron chi connectivity index (χ0n) is 9.43. The Hall–Kier alpha value is -0.370. The van der Waals surface area contributed by atoms with Crippen molar-refractivity contribution in [1.82, 2.24) is 4.90 Å². The summed E-state index contributed by atoms with van der Waals surface area (Å²) < 4.78 is 0. The molecule has 2 nitrogen and oxygen atoms in total. The Morgan fingerprint density at radius 1 is 1.14 bits per heavy atom. The van der Waals surface area contributed by atoms with Crippen molar-refractivity contribution in [3.05, 3.63) is 0 Å². The van der Waals surface area contributed by atoms with E-state index < -0.39 is 0 Å². The van der Waals surface area contributed by atoms with E-state index in [0.29, 0.717) is 5.78 Å². The summed E-state index contributed by atoms with van der Waals surface area (Å²) in [4.78, 5) is 13.8. The minimum atomic E-state index is 0.449. The van der Waals surface area contributed by atoms with Crippen LogP contribution in [0.1, 0.15) is 51.9 Å². The van der Waals surface area contributed by atoms with Crippen molar-refractivity contribution in [3.63, 3.8) is 0 Å². The third-order valence-corrected chi connectivity index (χ3v) is 2.91. The molecule has 0 radical (unpaired) electrons. The first-order valence-electron chi connectivity index (χ1n) is 6.07. The first kappa shape index (κ1) is 11.7. The SMILES string of the molecule is CCCC(=O)CCCN1CCCCC1. The Labute approximate surface area is 87.7 Å². The van der Waals surface area contributed by atoms with Gasteiger partial charge in [-0.1, -0.05) is 13.3 Å². The highest BCUT2D eigenvalue weighted by Crippen LogP contribution is 2.09. The Kier molecular flexibility index (Phi) is 5.85. The summed E-state index contributed by atoms with van der Waals surface area (Å²) in [7, 11) is 0. The first-order valence-corrected chi connectivity index (χ1v) is 6.07. The molecule has 1 aliphatic heterocycles. The third kappa shape index (κ3) is 4.75. The maximum Gasteiger partial charge on any atom is 0.132 e. The lowest BCUT2D eigenvalue weighted by Gasteiger charge is -2.26. The molecule has 14 heavy (non-hydrogen) atoms. The van der Waals surface area contributed by atoms with Crippen LogP contribution in [0, 0.1) is 0 Å². The van der Waals surface area contributed by atoms with E-state index in [0.717, 1.165) is 32.2 Å². The van der Waals surface area contributed by atoms with Crippen molar-refractivity contribution >= 4 is 5.78 Å². The highest BCUT2D eigenvalue weighted by atomic mass is 16.1. The van der Waals surface area contributed by atoms with E-state index in [9.17, 15) is 4.79 Å². The van der Waals surface area contributed by atoms with E-state index in [1.54, 1.807) is 0 Å². The maximum atomic E-state index is 11.3. The van der Waals surface area contributed by atoms with E-state index in [1.807, 2.05) is 0 Å². The average Bonchev–Trinajstić information content (AvgIpc) is 2.20. The van der Waals surface area contributed by atoms with Crippen LogP contribution in [0.5, 0.6) is 0 Å². The van der Waals surface area contributed by atoms with Gasteiger partial charge < -0.3 is 4.90 Å². The van der Waals surface area contributed by atoms with Crippen LogP contribution in [0.15, 0.2) is 0 Å². The molecule has 0 amide bonds. The molecule has 0 aliphatic carbocycles. The van der Waals surface area contributed by atoms with Crippen molar-refractivity contribution in [3.8, 4) is 0 Å². The van der Waals surface area contributed by atoms with Crippen molar-refractivity contribution in [1.29, 1.82) is 0 Å². The molecular weight excluding hydrogens is 174 g/mol. The van der Waals surface area contributed by atoms with Crippen LogP contribution in [-0.2, 0) is 4.79 Å². The van der Waals surface area contributed by atoms with Gasteiger partial charge in [-0.25, -0.2) is 0 Å². The zero-order valence-corrected chi connectivity index (χ0v) is 9.43. The fourth-order valence-electron chi connectivity index (χ4n) is 2.09. The molecule has 0 aromatic heterocycles. The lowest BCUT2D eigenvalue weighted by atomic mass is 10.1. The van der Waals surface area contributed by atoms with Crippen LogP contribution in [-0.4, -0.2) is 30.3 Å². The van der Waals surface area contributed by atoms with Gasteiger partial charge in [-0.2, -0.15) is 0 Å². The van der Waals surface area contributed by atoms with Gasteiger partial charge in [0.05, 0.1) is 0 Å². The van der Waals surface area contributed by atoms with E-state index in [-0.39, 0.29) is 0 Å².